The molecule has 1 saturated heterocycles. The van der Waals surface area contributed by atoms with E-state index in [0.717, 1.165) is 44.1 Å². The molecule has 0 atom stereocenters. The fourth-order valence-corrected chi connectivity index (χ4v) is 3.48. The molecule has 0 unspecified atom stereocenters. The minimum atomic E-state index is -0.0523. The summed E-state index contributed by atoms with van der Waals surface area (Å²) in [5.74, 6) is -0.0523. The van der Waals surface area contributed by atoms with Gasteiger partial charge < -0.3 is 10.1 Å². The van der Waals surface area contributed by atoms with Gasteiger partial charge in [0.1, 0.15) is 0 Å². The first kappa shape index (κ1) is 21.1. The van der Waals surface area contributed by atoms with Gasteiger partial charge in [-0.05, 0) is 42.4 Å². The molecule has 0 bridgehead atoms. The van der Waals surface area contributed by atoms with E-state index in [1.165, 1.54) is 5.56 Å². The normalized spacial score (nSPS) is 15.0. The van der Waals surface area contributed by atoms with Crippen molar-refractivity contribution in [3.63, 3.8) is 0 Å². The maximum absolute atomic E-state index is 12.3. The van der Waals surface area contributed by atoms with Gasteiger partial charge in [0.2, 0.25) is 5.91 Å². The molecule has 1 fully saturated rings. The van der Waals surface area contributed by atoms with Crippen LogP contribution in [0.4, 0.5) is 5.69 Å². The van der Waals surface area contributed by atoms with Crippen LogP contribution in [-0.2, 0) is 22.6 Å². The van der Waals surface area contributed by atoms with Gasteiger partial charge in [-0.3, -0.25) is 14.6 Å². The van der Waals surface area contributed by atoms with Crippen LogP contribution in [0.1, 0.15) is 11.1 Å². The van der Waals surface area contributed by atoms with Gasteiger partial charge in [-0.2, -0.15) is 0 Å². The van der Waals surface area contributed by atoms with Crippen LogP contribution in [0.25, 0.3) is 0 Å². The number of carbonyl (C=O) groups is 1. The second kappa shape index (κ2) is 10.2. The molecule has 0 radical (unpaired) electrons. The van der Waals surface area contributed by atoms with Crippen molar-refractivity contribution < 1.29 is 9.53 Å². The largest absolute Gasteiger partial charge is 0.379 e. The minimum absolute atomic E-state index is 0.0523. The molecule has 5 nitrogen and oxygen atoms in total. The third-order valence-electron chi connectivity index (χ3n) is 4.60. The van der Waals surface area contributed by atoms with Gasteiger partial charge in [0.25, 0.3) is 0 Å². The lowest BCUT2D eigenvalue weighted by atomic mass is 10.2. The Kier molecular flexibility index (Phi) is 7.71. The van der Waals surface area contributed by atoms with Crippen molar-refractivity contribution >= 4 is 34.8 Å². The Morgan fingerprint density at radius 2 is 1.75 bits per heavy atom. The summed E-state index contributed by atoms with van der Waals surface area (Å²) in [6.45, 7) is 5.32. The number of ether oxygens (including phenoxy) is 1. The van der Waals surface area contributed by atoms with E-state index in [9.17, 15) is 4.79 Å². The van der Waals surface area contributed by atoms with E-state index in [4.69, 9.17) is 27.9 Å². The van der Waals surface area contributed by atoms with Gasteiger partial charge >= 0.3 is 0 Å². The summed E-state index contributed by atoms with van der Waals surface area (Å²) in [5.41, 5.74) is 3.05. The number of rotatable bonds is 7. The fourth-order valence-electron chi connectivity index (χ4n) is 3.16. The average Bonchev–Trinajstić information content (AvgIpc) is 2.67. The molecule has 7 heteroatoms. The third-order valence-corrected chi connectivity index (χ3v) is 5.34. The fraction of sp³-hybridized carbons (Fsp3) is 0.381. The zero-order chi connectivity index (χ0) is 19.9. The molecule has 2 aromatic rings. The average molecular weight is 422 g/mol. The Hall–Kier alpha value is -1.63. The van der Waals surface area contributed by atoms with Crippen molar-refractivity contribution in [3.8, 4) is 0 Å². The Bertz CT molecular complexity index is 793. The number of carbonyl (C=O) groups excluding carboxylic acids is 1. The van der Waals surface area contributed by atoms with Gasteiger partial charge in [-0.25, -0.2) is 0 Å². The molecule has 1 aliphatic heterocycles. The number of likely N-dealkylation sites (N-methyl/N-ethyl adjacent to an activating group) is 1. The summed E-state index contributed by atoms with van der Waals surface area (Å²) >= 11 is 12.0. The van der Waals surface area contributed by atoms with E-state index in [0.29, 0.717) is 16.6 Å². The van der Waals surface area contributed by atoms with Crippen molar-refractivity contribution in [2.45, 2.75) is 13.1 Å². The lowest BCUT2D eigenvalue weighted by molar-refractivity contribution is -0.117. The van der Waals surface area contributed by atoms with Crippen molar-refractivity contribution in [2.24, 2.45) is 0 Å². The van der Waals surface area contributed by atoms with Crippen molar-refractivity contribution in [1.29, 1.82) is 0 Å². The molecule has 0 aliphatic carbocycles. The quantitative estimate of drug-likeness (QED) is 0.736. The van der Waals surface area contributed by atoms with Crippen molar-refractivity contribution in [3.05, 3.63) is 63.6 Å². The van der Waals surface area contributed by atoms with E-state index in [1.807, 2.05) is 36.2 Å². The highest BCUT2D eigenvalue weighted by Crippen LogP contribution is 2.23. The third kappa shape index (κ3) is 6.47. The smallest absolute Gasteiger partial charge is 0.238 e. The molecule has 2 aromatic carbocycles. The van der Waals surface area contributed by atoms with Crippen LogP contribution in [0.2, 0.25) is 10.0 Å². The van der Waals surface area contributed by atoms with E-state index in [2.05, 4.69) is 22.3 Å². The number of anilines is 1. The van der Waals surface area contributed by atoms with E-state index >= 15 is 0 Å². The van der Waals surface area contributed by atoms with E-state index in [1.54, 1.807) is 6.07 Å². The van der Waals surface area contributed by atoms with Gasteiger partial charge in [0.15, 0.2) is 0 Å². The maximum Gasteiger partial charge on any atom is 0.238 e. The van der Waals surface area contributed by atoms with Crippen LogP contribution in [-0.4, -0.2) is 55.6 Å². The van der Waals surface area contributed by atoms with Crippen LogP contribution in [0.3, 0.4) is 0 Å². The SMILES string of the molecule is CN(CC(=O)Nc1ccc(CN2CCOCC2)cc1)Cc1ccc(Cl)c(Cl)c1. The van der Waals surface area contributed by atoms with Gasteiger partial charge in [-0.1, -0.05) is 41.4 Å². The number of amides is 1. The summed E-state index contributed by atoms with van der Waals surface area (Å²) in [6.07, 6.45) is 0. The zero-order valence-corrected chi connectivity index (χ0v) is 17.5. The topological polar surface area (TPSA) is 44.8 Å². The molecule has 150 valence electrons. The molecule has 0 saturated carbocycles. The number of hydrogen-bond acceptors (Lipinski definition) is 4. The lowest BCUT2D eigenvalue weighted by Crippen LogP contribution is -2.35. The summed E-state index contributed by atoms with van der Waals surface area (Å²) in [4.78, 5) is 16.6. The van der Waals surface area contributed by atoms with Gasteiger partial charge in [-0.15, -0.1) is 0 Å². The Morgan fingerprint density at radius 3 is 2.43 bits per heavy atom. The highest BCUT2D eigenvalue weighted by molar-refractivity contribution is 6.42. The second-order valence-electron chi connectivity index (χ2n) is 7.05. The van der Waals surface area contributed by atoms with Crippen LogP contribution < -0.4 is 5.32 Å². The summed E-state index contributed by atoms with van der Waals surface area (Å²) in [5, 5.41) is 4.00. The number of hydrogen-bond donors (Lipinski definition) is 1. The Morgan fingerprint density at radius 1 is 1.07 bits per heavy atom. The number of benzene rings is 2. The van der Waals surface area contributed by atoms with Crippen LogP contribution >= 0.6 is 23.2 Å². The second-order valence-corrected chi connectivity index (χ2v) is 7.87. The molecule has 1 heterocycles. The molecule has 3 rings (SSSR count). The summed E-state index contributed by atoms with van der Waals surface area (Å²) in [7, 11) is 1.90. The predicted molar refractivity (Wildman–Crippen MR) is 114 cm³/mol. The van der Waals surface area contributed by atoms with E-state index < -0.39 is 0 Å². The molecular weight excluding hydrogens is 397 g/mol. The van der Waals surface area contributed by atoms with Crippen molar-refractivity contribution in [2.75, 3.05) is 45.2 Å². The molecule has 0 spiro atoms. The Balaban J connectivity index is 1.46. The number of nitrogens with one attached hydrogen (secondary N) is 1. The standard InChI is InChI=1S/C21H25Cl2N3O2/c1-25(13-17-4-7-19(22)20(23)12-17)15-21(27)24-18-5-2-16(3-6-18)14-26-8-10-28-11-9-26/h2-7,12H,8-11,13-15H2,1H3,(H,24,27). The molecule has 0 aromatic heterocycles. The number of halogens is 2. The highest BCUT2D eigenvalue weighted by atomic mass is 35.5. The number of morpholine rings is 1. The number of nitrogens with zero attached hydrogens (tertiary/aromatic N) is 2. The molecule has 1 amide bonds. The molecule has 1 N–H and O–H groups in total. The summed E-state index contributed by atoms with van der Waals surface area (Å²) in [6, 6.07) is 13.5. The van der Waals surface area contributed by atoms with Crippen molar-refractivity contribution in [1.82, 2.24) is 9.80 Å². The minimum Gasteiger partial charge on any atom is -0.379 e. The summed E-state index contributed by atoms with van der Waals surface area (Å²) < 4.78 is 5.37. The monoisotopic (exact) mass is 421 g/mol. The lowest BCUT2D eigenvalue weighted by Gasteiger charge is -2.26. The first-order chi connectivity index (χ1) is 13.5. The molecule has 28 heavy (non-hydrogen) atoms. The first-order valence-corrected chi connectivity index (χ1v) is 10.1. The van der Waals surface area contributed by atoms with Gasteiger partial charge in [0.05, 0.1) is 29.8 Å². The van der Waals surface area contributed by atoms with Crippen LogP contribution in [0.15, 0.2) is 42.5 Å². The van der Waals surface area contributed by atoms with Crippen LogP contribution in [0, 0.1) is 0 Å². The van der Waals surface area contributed by atoms with Gasteiger partial charge in [0, 0.05) is 31.9 Å². The first-order valence-electron chi connectivity index (χ1n) is 9.31. The van der Waals surface area contributed by atoms with Crippen LogP contribution in [0.5, 0.6) is 0 Å². The maximum atomic E-state index is 12.3. The highest BCUT2D eigenvalue weighted by Gasteiger charge is 2.11. The molecule has 1 aliphatic rings. The zero-order valence-electron chi connectivity index (χ0n) is 16.0. The molecular formula is C21H25Cl2N3O2. The predicted octanol–water partition coefficient (Wildman–Crippen LogP) is 3.90. The Labute approximate surface area is 176 Å². The van der Waals surface area contributed by atoms with E-state index in [-0.39, 0.29) is 12.5 Å².